The van der Waals surface area contributed by atoms with Crippen molar-refractivity contribution in [2.45, 2.75) is 26.6 Å². The number of rotatable bonds is 2. The smallest absolute Gasteiger partial charge is 0.0849 e. The van der Waals surface area contributed by atoms with E-state index in [1.165, 1.54) is 15.5 Å². The van der Waals surface area contributed by atoms with Crippen molar-refractivity contribution in [3.05, 3.63) is 28.2 Å². The molecule has 0 bridgehead atoms. The molecule has 0 fully saturated rings. The summed E-state index contributed by atoms with van der Waals surface area (Å²) in [5.74, 6) is 0.603. The van der Waals surface area contributed by atoms with Crippen LogP contribution < -0.4 is 5.46 Å². The molecule has 0 heterocycles. The molecular formula is C10H14BBr. The van der Waals surface area contributed by atoms with Gasteiger partial charge in [0.25, 0.3) is 0 Å². The fourth-order valence-corrected chi connectivity index (χ4v) is 1.96. The van der Waals surface area contributed by atoms with Crippen LogP contribution in [0.15, 0.2) is 22.7 Å². The molecule has 0 aliphatic heterocycles. The monoisotopic (exact) mass is 224 g/mol. The Morgan fingerprint density at radius 3 is 2.50 bits per heavy atom. The summed E-state index contributed by atoms with van der Waals surface area (Å²) in [4.78, 5) is 0. The van der Waals surface area contributed by atoms with Crippen molar-refractivity contribution in [2.75, 3.05) is 0 Å². The lowest BCUT2D eigenvalue weighted by Gasteiger charge is -2.09. The molecule has 0 atom stereocenters. The molecular weight excluding hydrogens is 211 g/mol. The van der Waals surface area contributed by atoms with Crippen LogP contribution >= 0.6 is 15.9 Å². The molecule has 2 heteroatoms. The maximum atomic E-state index is 3.56. The molecule has 0 nitrogen and oxygen atoms in total. The van der Waals surface area contributed by atoms with Crippen LogP contribution in [0.1, 0.15) is 25.3 Å². The van der Waals surface area contributed by atoms with E-state index in [-0.39, 0.29) is 0 Å². The molecule has 0 saturated carbocycles. The van der Waals surface area contributed by atoms with Gasteiger partial charge in [-0.15, -0.1) is 0 Å². The summed E-state index contributed by atoms with van der Waals surface area (Å²) in [7, 11) is 1.12. The van der Waals surface area contributed by atoms with Gasteiger partial charge in [-0.25, -0.2) is 0 Å². The Bertz CT molecular complexity index is 269. The first-order chi connectivity index (χ1) is 5.65. The minimum absolute atomic E-state index is 0.603. The van der Waals surface area contributed by atoms with Crippen molar-refractivity contribution in [3.8, 4) is 0 Å². The van der Waals surface area contributed by atoms with Gasteiger partial charge in [0.15, 0.2) is 7.28 Å². The van der Waals surface area contributed by atoms with Crippen LogP contribution in [0.2, 0.25) is 6.82 Å². The first-order valence-corrected chi connectivity index (χ1v) is 5.22. The summed E-state index contributed by atoms with van der Waals surface area (Å²) in [6, 6.07) is 6.61. The first kappa shape index (κ1) is 9.85. The summed E-state index contributed by atoms with van der Waals surface area (Å²) in [6.07, 6.45) is 0. The van der Waals surface area contributed by atoms with E-state index in [1.54, 1.807) is 0 Å². The summed E-state index contributed by atoms with van der Waals surface area (Å²) >= 11 is 3.56. The van der Waals surface area contributed by atoms with Gasteiger partial charge < -0.3 is 0 Å². The van der Waals surface area contributed by atoms with E-state index in [1.807, 2.05) is 0 Å². The molecule has 0 saturated heterocycles. The van der Waals surface area contributed by atoms with Crippen molar-refractivity contribution in [3.63, 3.8) is 0 Å². The second-order valence-corrected chi connectivity index (χ2v) is 4.22. The maximum absolute atomic E-state index is 3.56. The van der Waals surface area contributed by atoms with E-state index in [4.69, 9.17) is 0 Å². The molecule has 1 aromatic rings. The fraction of sp³-hybridized carbons (Fsp3) is 0.400. The maximum Gasteiger partial charge on any atom is 0.154 e. The number of halogens is 1. The second-order valence-electron chi connectivity index (χ2n) is 3.36. The zero-order valence-electron chi connectivity index (χ0n) is 7.89. The number of benzene rings is 1. The Kier molecular flexibility index (Phi) is 3.39. The van der Waals surface area contributed by atoms with Gasteiger partial charge in [0.1, 0.15) is 0 Å². The summed E-state index contributed by atoms with van der Waals surface area (Å²) in [6.45, 7) is 6.63. The third-order valence-corrected chi connectivity index (χ3v) is 2.81. The molecule has 0 spiro atoms. The highest BCUT2D eigenvalue weighted by atomic mass is 79.9. The molecule has 0 N–H and O–H groups in total. The lowest BCUT2D eigenvalue weighted by molar-refractivity contribution is 0.862. The average Bonchev–Trinajstić information content (AvgIpc) is 2.05. The largest absolute Gasteiger partial charge is 0.154 e. The minimum Gasteiger partial charge on any atom is -0.0849 e. The van der Waals surface area contributed by atoms with Crippen molar-refractivity contribution in [1.29, 1.82) is 0 Å². The molecule has 0 aliphatic carbocycles. The van der Waals surface area contributed by atoms with Crippen LogP contribution in [0, 0.1) is 0 Å². The van der Waals surface area contributed by atoms with E-state index in [9.17, 15) is 0 Å². The van der Waals surface area contributed by atoms with Gasteiger partial charge in [-0.1, -0.05) is 54.2 Å². The third-order valence-electron chi connectivity index (χ3n) is 2.09. The first-order valence-electron chi connectivity index (χ1n) is 4.43. The number of hydrogen-bond donors (Lipinski definition) is 0. The highest BCUT2D eigenvalue weighted by Crippen LogP contribution is 2.22. The Labute approximate surface area is 83.7 Å². The Hall–Kier alpha value is -0.235. The van der Waals surface area contributed by atoms with E-state index in [2.05, 4.69) is 54.8 Å². The molecule has 0 aromatic heterocycles. The van der Waals surface area contributed by atoms with E-state index in [0.29, 0.717) is 5.92 Å². The fourth-order valence-electron chi connectivity index (χ4n) is 1.26. The summed E-state index contributed by atoms with van der Waals surface area (Å²) in [5, 5.41) is 0. The van der Waals surface area contributed by atoms with E-state index < -0.39 is 0 Å². The number of hydrogen-bond acceptors (Lipinski definition) is 0. The van der Waals surface area contributed by atoms with Crippen molar-refractivity contribution >= 4 is 28.7 Å². The van der Waals surface area contributed by atoms with Gasteiger partial charge >= 0.3 is 0 Å². The van der Waals surface area contributed by atoms with Crippen molar-refractivity contribution < 1.29 is 0 Å². The summed E-state index contributed by atoms with van der Waals surface area (Å²) in [5.41, 5.74) is 2.83. The molecule has 64 valence electrons. The molecule has 0 aliphatic rings. The molecule has 1 rings (SSSR count). The molecule has 1 aromatic carbocycles. The van der Waals surface area contributed by atoms with Gasteiger partial charge in [-0.05, 0) is 17.5 Å². The second kappa shape index (κ2) is 4.13. The van der Waals surface area contributed by atoms with Gasteiger partial charge in [0, 0.05) is 4.47 Å². The lowest BCUT2D eigenvalue weighted by atomic mass is 9.72. The zero-order chi connectivity index (χ0) is 9.14. The normalized spacial score (nSPS) is 10.4. The average molecular weight is 225 g/mol. The molecule has 0 unspecified atom stereocenters. The topological polar surface area (TPSA) is 0 Å². The van der Waals surface area contributed by atoms with E-state index >= 15 is 0 Å². The van der Waals surface area contributed by atoms with Gasteiger partial charge in [-0.3, -0.25) is 0 Å². The quantitative estimate of drug-likeness (QED) is 0.678. The van der Waals surface area contributed by atoms with Gasteiger partial charge in [0.2, 0.25) is 0 Å². The minimum atomic E-state index is 0.603. The molecule has 0 amide bonds. The molecule has 0 radical (unpaired) electrons. The molecule has 12 heavy (non-hydrogen) atoms. The standard InChI is InChI=1S/C10H14BBr/c1-7(2)9-6-8(11-3)4-5-10(9)12/h4-7,11H,1-3H3. The van der Waals surface area contributed by atoms with Gasteiger partial charge in [-0.2, -0.15) is 0 Å². The highest BCUT2D eigenvalue weighted by molar-refractivity contribution is 9.10. The van der Waals surface area contributed by atoms with Crippen LogP contribution in [0.4, 0.5) is 0 Å². The Balaban J connectivity index is 3.08. The SMILES string of the molecule is CBc1ccc(Br)c(C(C)C)c1. The third kappa shape index (κ3) is 2.13. The van der Waals surface area contributed by atoms with Crippen LogP contribution in [-0.4, -0.2) is 7.28 Å². The highest BCUT2D eigenvalue weighted by Gasteiger charge is 2.04. The van der Waals surface area contributed by atoms with Crippen molar-refractivity contribution in [1.82, 2.24) is 0 Å². The predicted octanol–water partition coefficient (Wildman–Crippen LogP) is 2.68. The van der Waals surface area contributed by atoms with Crippen LogP contribution in [0.3, 0.4) is 0 Å². The Morgan fingerprint density at radius 2 is 2.00 bits per heavy atom. The van der Waals surface area contributed by atoms with Crippen molar-refractivity contribution in [2.24, 2.45) is 0 Å². The van der Waals surface area contributed by atoms with Crippen LogP contribution in [-0.2, 0) is 0 Å². The Morgan fingerprint density at radius 1 is 1.33 bits per heavy atom. The van der Waals surface area contributed by atoms with Crippen LogP contribution in [0.25, 0.3) is 0 Å². The van der Waals surface area contributed by atoms with E-state index in [0.717, 1.165) is 7.28 Å². The zero-order valence-corrected chi connectivity index (χ0v) is 9.48. The predicted molar refractivity (Wildman–Crippen MR) is 60.9 cm³/mol. The summed E-state index contributed by atoms with van der Waals surface area (Å²) < 4.78 is 1.23. The van der Waals surface area contributed by atoms with Crippen LogP contribution in [0.5, 0.6) is 0 Å². The van der Waals surface area contributed by atoms with Gasteiger partial charge in [0.05, 0.1) is 0 Å². The lowest BCUT2D eigenvalue weighted by Crippen LogP contribution is -2.11.